The Balaban J connectivity index is 2.23. The predicted molar refractivity (Wildman–Crippen MR) is 84.7 cm³/mol. The second-order valence-electron chi connectivity index (χ2n) is 6.34. The second-order valence-corrected chi connectivity index (χ2v) is 6.34. The van der Waals surface area contributed by atoms with Gasteiger partial charge in [0.2, 0.25) is 5.91 Å². The SMILES string of the molecule is Cc1cccc(C(C)C)c1NC(=O)C1CCCN1C(=O)C(F)(F)F. The van der Waals surface area contributed by atoms with Crippen LogP contribution in [0.15, 0.2) is 18.2 Å². The monoisotopic (exact) mass is 342 g/mol. The maximum absolute atomic E-state index is 12.7. The summed E-state index contributed by atoms with van der Waals surface area (Å²) in [4.78, 5) is 24.6. The van der Waals surface area contributed by atoms with Gasteiger partial charge in [-0.15, -0.1) is 0 Å². The number of benzene rings is 1. The van der Waals surface area contributed by atoms with Gasteiger partial charge in [0.05, 0.1) is 0 Å². The molecular formula is C17H21F3N2O2. The number of hydrogen-bond donors (Lipinski definition) is 1. The van der Waals surface area contributed by atoms with E-state index in [-0.39, 0.29) is 18.9 Å². The van der Waals surface area contributed by atoms with Gasteiger partial charge in [0, 0.05) is 12.2 Å². The minimum Gasteiger partial charge on any atom is -0.324 e. The van der Waals surface area contributed by atoms with Crippen LogP contribution in [0.1, 0.15) is 43.7 Å². The van der Waals surface area contributed by atoms with E-state index < -0.39 is 24.0 Å². The van der Waals surface area contributed by atoms with Crippen molar-refractivity contribution in [2.75, 3.05) is 11.9 Å². The van der Waals surface area contributed by atoms with Crippen LogP contribution in [0.5, 0.6) is 0 Å². The summed E-state index contributed by atoms with van der Waals surface area (Å²) in [7, 11) is 0. The van der Waals surface area contributed by atoms with Crippen molar-refractivity contribution in [3.05, 3.63) is 29.3 Å². The number of amides is 2. The molecule has 4 nitrogen and oxygen atoms in total. The minimum atomic E-state index is -4.96. The Morgan fingerprint density at radius 2 is 1.96 bits per heavy atom. The molecule has 0 aromatic heterocycles. The van der Waals surface area contributed by atoms with E-state index in [0.29, 0.717) is 17.0 Å². The third-order valence-corrected chi connectivity index (χ3v) is 4.23. The first-order valence-electron chi connectivity index (χ1n) is 7.91. The number of aryl methyl sites for hydroxylation is 1. The summed E-state index contributed by atoms with van der Waals surface area (Å²) in [5.41, 5.74) is 2.36. The highest BCUT2D eigenvalue weighted by Gasteiger charge is 2.47. The van der Waals surface area contributed by atoms with Crippen molar-refractivity contribution >= 4 is 17.5 Å². The number of carbonyl (C=O) groups is 2. The molecule has 0 radical (unpaired) electrons. The smallest absolute Gasteiger partial charge is 0.324 e. The third-order valence-electron chi connectivity index (χ3n) is 4.23. The van der Waals surface area contributed by atoms with Gasteiger partial charge < -0.3 is 10.2 Å². The lowest BCUT2D eigenvalue weighted by molar-refractivity contribution is -0.186. The molecule has 24 heavy (non-hydrogen) atoms. The van der Waals surface area contributed by atoms with Crippen LogP contribution < -0.4 is 5.32 Å². The standard InChI is InChI=1S/C17H21F3N2O2/c1-10(2)12-7-4-6-11(3)14(12)21-15(23)13-8-5-9-22(13)16(24)17(18,19)20/h4,6-7,10,13H,5,8-9H2,1-3H3,(H,21,23). The lowest BCUT2D eigenvalue weighted by Gasteiger charge is -2.26. The first kappa shape index (κ1) is 18.3. The van der Waals surface area contributed by atoms with Crippen molar-refractivity contribution in [1.82, 2.24) is 4.90 Å². The number of alkyl halides is 3. The molecular weight excluding hydrogens is 321 g/mol. The van der Waals surface area contributed by atoms with Gasteiger partial charge in [-0.05, 0) is 36.8 Å². The minimum absolute atomic E-state index is 0.0543. The van der Waals surface area contributed by atoms with Crippen molar-refractivity contribution in [2.24, 2.45) is 0 Å². The van der Waals surface area contributed by atoms with Crippen LogP contribution in [0.3, 0.4) is 0 Å². The van der Waals surface area contributed by atoms with Crippen molar-refractivity contribution < 1.29 is 22.8 Å². The van der Waals surface area contributed by atoms with Crippen molar-refractivity contribution in [3.63, 3.8) is 0 Å². The summed E-state index contributed by atoms with van der Waals surface area (Å²) in [6.07, 6.45) is -4.35. The molecule has 1 heterocycles. The van der Waals surface area contributed by atoms with E-state index in [4.69, 9.17) is 0 Å². The van der Waals surface area contributed by atoms with Crippen LogP contribution in [0.2, 0.25) is 0 Å². The van der Waals surface area contributed by atoms with Gasteiger partial charge in [-0.1, -0.05) is 32.0 Å². The summed E-state index contributed by atoms with van der Waals surface area (Å²) in [5, 5.41) is 2.74. The predicted octanol–water partition coefficient (Wildman–Crippen LogP) is 3.61. The van der Waals surface area contributed by atoms with Gasteiger partial charge in [0.1, 0.15) is 6.04 Å². The van der Waals surface area contributed by atoms with Crippen molar-refractivity contribution in [2.45, 2.75) is 51.7 Å². The van der Waals surface area contributed by atoms with Gasteiger partial charge in [0.15, 0.2) is 0 Å². The van der Waals surface area contributed by atoms with Crippen LogP contribution in [-0.2, 0) is 9.59 Å². The van der Waals surface area contributed by atoms with Crippen LogP contribution in [0.25, 0.3) is 0 Å². The van der Waals surface area contributed by atoms with Crippen LogP contribution in [0, 0.1) is 6.92 Å². The van der Waals surface area contributed by atoms with Gasteiger partial charge in [-0.3, -0.25) is 9.59 Å². The molecule has 2 rings (SSSR count). The largest absolute Gasteiger partial charge is 0.471 e. The number of carbonyl (C=O) groups excluding carboxylic acids is 2. The Morgan fingerprint density at radius 3 is 2.54 bits per heavy atom. The lowest BCUT2D eigenvalue weighted by atomic mass is 9.98. The molecule has 1 saturated heterocycles. The number of rotatable bonds is 3. The number of hydrogen-bond acceptors (Lipinski definition) is 2. The third kappa shape index (κ3) is 3.71. The van der Waals surface area contributed by atoms with E-state index in [1.807, 2.05) is 39.0 Å². The van der Waals surface area contributed by atoms with E-state index in [0.717, 1.165) is 11.1 Å². The summed E-state index contributed by atoms with van der Waals surface area (Å²) in [6.45, 7) is 5.72. The Morgan fingerprint density at radius 1 is 1.29 bits per heavy atom. The lowest BCUT2D eigenvalue weighted by Crippen LogP contribution is -2.48. The normalized spacial score (nSPS) is 18.1. The maximum Gasteiger partial charge on any atom is 0.471 e. The van der Waals surface area contributed by atoms with Crippen LogP contribution in [-0.4, -0.2) is 35.5 Å². The number of para-hydroxylation sites is 1. The van der Waals surface area contributed by atoms with Gasteiger partial charge >= 0.3 is 12.1 Å². The zero-order chi connectivity index (χ0) is 18.1. The highest BCUT2D eigenvalue weighted by Crippen LogP contribution is 2.30. The average molecular weight is 342 g/mol. The fraction of sp³-hybridized carbons (Fsp3) is 0.529. The van der Waals surface area contributed by atoms with E-state index in [9.17, 15) is 22.8 Å². The van der Waals surface area contributed by atoms with Crippen LogP contribution >= 0.6 is 0 Å². The Kier molecular flexibility index (Phi) is 5.20. The summed E-state index contributed by atoms with van der Waals surface area (Å²) >= 11 is 0. The summed E-state index contributed by atoms with van der Waals surface area (Å²) in [6, 6.07) is 4.49. The fourth-order valence-corrected chi connectivity index (χ4v) is 2.99. The van der Waals surface area contributed by atoms with Crippen molar-refractivity contribution in [1.29, 1.82) is 0 Å². The molecule has 1 unspecified atom stereocenters. The quantitative estimate of drug-likeness (QED) is 0.912. The summed E-state index contributed by atoms with van der Waals surface area (Å²) < 4.78 is 38.0. The molecule has 1 aromatic rings. The maximum atomic E-state index is 12.7. The molecule has 1 N–H and O–H groups in total. The second kappa shape index (κ2) is 6.83. The van der Waals surface area contributed by atoms with Gasteiger partial charge in [-0.25, -0.2) is 0 Å². The molecule has 7 heteroatoms. The van der Waals surface area contributed by atoms with Crippen molar-refractivity contribution in [3.8, 4) is 0 Å². The molecule has 2 amide bonds. The van der Waals surface area contributed by atoms with E-state index in [2.05, 4.69) is 5.32 Å². The molecule has 1 aliphatic rings. The first-order chi connectivity index (χ1) is 11.1. The molecule has 0 bridgehead atoms. The van der Waals surface area contributed by atoms with Gasteiger partial charge in [0.25, 0.3) is 0 Å². The molecule has 0 spiro atoms. The Bertz CT molecular complexity index is 641. The molecule has 132 valence electrons. The number of likely N-dealkylation sites (tertiary alicyclic amines) is 1. The number of anilines is 1. The van der Waals surface area contributed by atoms with E-state index >= 15 is 0 Å². The topological polar surface area (TPSA) is 49.4 Å². The number of halogens is 3. The van der Waals surface area contributed by atoms with Gasteiger partial charge in [-0.2, -0.15) is 13.2 Å². The molecule has 0 saturated carbocycles. The van der Waals surface area contributed by atoms with E-state index in [1.165, 1.54) is 0 Å². The molecule has 1 atom stereocenters. The number of nitrogens with zero attached hydrogens (tertiary/aromatic N) is 1. The number of nitrogens with one attached hydrogen (secondary N) is 1. The zero-order valence-electron chi connectivity index (χ0n) is 13.9. The molecule has 0 aliphatic carbocycles. The Hall–Kier alpha value is -2.05. The zero-order valence-corrected chi connectivity index (χ0v) is 13.9. The first-order valence-corrected chi connectivity index (χ1v) is 7.91. The molecule has 1 aromatic carbocycles. The fourth-order valence-electron chi connectivity index (χ4n) is 2.99. The summed E-state index contributed by atoms with van der Waals surface area (Å²) in [5.74, 6) is -2.37. The van der Waals surface area contributed by atoms with E-state index in [1.54, 1.807) is 0 Å². The average Bonchev–Trinajstić information content (AvgIpc) is 2.96. The highest BCUT2D eigenvalue weighted by molar-refractivity contribution is 5.99. The highest BCUT2D eigenvalue weighted by atomic mass is 19.4. The molecule has 1 fully saturated rings. The molecule has 1 aliphatic heterocycles. The Labute approximate surface area is 139 Å². The van der Waals surface area contributed by atoms with Crippen LogP contribution in [0.4, 0.5) is 18.9 Å².